The van der Waals surface area contributed by atoms with Gasteiger partial charge in [0.15, 0.2) is 0 Å². The van der Waals surface area contributed by atoms with E-state index in [4.69, 9.17) is 4.74 Å². The van der Waals surface area contributed by atoms with Gasteiger partial charge < -0.3 is 15.2 Å². The molecule has 2 fully saturated rings. The Bertz CT molecular complexity index is 701. The van der Waals surface area contributed by atoms with Crippen LogP contribution in [0.2, 0.25) is 0 Å². The van der Waals surface area contributed by atoms with E-state index in [1.54, 1.807) is 24.3 Å². The summed E-state index contributed by atoms with van der Waals surface area (Å²) in [7, 11) is 0. The molecule has 144 valence electrons. The smallest absolute Gasteiger partial charge is 0.347 e. The number of halogens is 1. The summed E-state index contributed by atoms with van der Waals surface area (Å²) in [5.74, 6) is -0.583. The molecular formula is C22H26ClNO3. The molecule has 0 saturated carbocycles. The number of ether oxygens (including phenoxy) is 1. The Morgan fingerprint density at radius 1 is 0.926 bits per heavy atom. The van der Waals surface area contributed by atoms with Crippen molar-refractivity contribution in [1.29, 1.82) is 0 Å². The number of aliphatic hydroxyl groups is 1. The van der Waals surface area contributed by atoms with Crippen molar-refractivity contribution in [2.75, 3.05) is 0 Å². The highest BCUT2D eigenvalue weighted by atomic mass is 35.5. The van der Waals surface area contributed by atoms with E-state index in [2.05, 4.69) is 5.32 Å². The number of hydrogen-bond acceptors (Lipinski definition) is 4. The number of esters is 1. The minimum Gasteiger partial charge on any atom is -0.460 e. The van der Waals surface area contributed by atoms with E-state index in [-0.39, 0.29) is 18.5 Å². The van der Waals surface area contributed by atoms with Crippen LogP contribution in [0.1, 0.15) is 43.2 Å². The molecule has 5 heteroatoms. The third-order valence-corrected chi connectivity index (χ3v) is 5.62. The molecular weight excluding hydrogens is 362 g/mol. The Morgan fingerprint density at radius 3 is 1.89 bits per heavy atom. The molecule has 2 aliphatic heterocycles. The summed E-state index contributed by atoms with van der Waals surface area (Å²) < 4.78 is 5.87. The Kier molecular flexibility index (Phi) is 6.20. The summed E-state index contributed by atoms with van der Waals surface area (Å²) in [6.07, 6.45) is 5.00. The molecule has 2 unspecified atom stereocenters. The lowest BCUT2D eigenvalue weighted by atomic mass is 9.84. The maximum absolute atomic E-state index is 13.2. The highest BCUT2D eigenvalue weighted by Gasteiger charge is 2.44. The maximum atomic E-state index is 13.2. The SMILES string of the molecule is Cl.O=C(OC1CC2CCCC(C1)N2)C(O)(c1ccccc1)c1ccccc1. The normalized spacial score (nSPS) is 24.6. The van der Waals surface area contributed by atoms with E-state index in [0.717, 1.165) is 25.7 Å². The molecule has 2 heterocycles. The average Bonchev–Trinajstić information content (AvgIpc) is 2.68. The average molecular weight is 388 g/mol. The van der Waals surface area contributed by atoms with Crippen LogP contribution in [0.5, 0.6) is 0 Å². The van der Waals surface area contributed by atoms with Crippen molar-refractivity contribution in [3.63, 3.8) is 0 Å². The van der Waals surface area contributed by atoms with Gasteiger partial charge in [-0.3, -0.25) is 0 Å². The number of rotatable bonds is 4. The van der Waals surface area contributed by atoms with Crippen LogP contribution >= 0.6 is 12.4 Å². The molecule has 2 aromatic carbocycles. The van der Waals surface area contributed by atoms with Crippen molar-refractivity contribution in [2.24, 2.45) is 0 Å². The Balaban J connectivity index is 0.00000210. The Hall–Kier alpha value is -1.88. The first-order chi connectivity index (χ1) is 12.7. The van der Waals surface area contributed by atoms with Gasteiger partial charge in [0.05, 0.1) is 0 Å². The second kappa shape index (κ2) is 8.42. The van der Waals surface area contributed by atoms with Crippen LogP contribution in [0.4, 0.5) is 0 Å². The highest BCUT2D eigenvalue weighted by molar-refractivity contribution is 5.86. The third-order valence-electron chi connectivity index (χ3n) is 5.62. The van der Waals surface area contributed by atoms with Gasteiger partial charge in [-0.2, -0.15) is 0 Å². The number of nitrogens with one attached hydrogen (secondary N) is 1. The monoisotopic (exact) mass is 387 g/mol. The Labute approximate surface area is 166 Å². The fourth-order valence-electron chi connectivity index (χ4n) is 4.31. The quantitative estimate of drug-likeness (QED) is 0.787. The standard InChI is InChI=1S/C22H25NO3.ClH/c24-21(26-20-14-18-12-7-13-19(15-20)23-18)22(25,16-8-3-1-4-9-16)17-10-5-2-6-11-17;/h1-6,8-11,18-20,23,25H,7,12-15H2;1H. The molecule has 27 heavy (non-hydrogen) atoms. The predicted molar refractivity (Wildman–Crippen MR) is 107 cm³/mol. The number of carbonyl (C=O) groups excluding carboxylic acids is 1. The molecule has 2 atom stereocenters. The van der Waals surface area contributed by atoms with Crippen molar-refractivity contribution in [1.82, 2.24) is 5.32 Å². The molecule has 4 nitrogen and oxygen atoms in total. The first kappa shape index (κ1) is 19.9. The number of benzene rings is 2. The summed E-state index contributed by atoms with van der Waals surface area (Å²) >= 11 is 0. The van der Waals surface area contributed by atoms with Gasteiger partial charge in [-0.05, 0) is 36.8 Å². The largest absolute Gasteiger partial charge is 0.460 e. The van der Waals surface area contributed by atoms with Gasteiger partial charge in [0.2, 0.25) is 5.60 Å². The van der Waals surface area contributed by atoms with Crippen LogP contribution in [0.15, 0.2) is 60.7 Å². The summed E-state index contributed by atoms with van der Waals surface area (Å²) in [4.78, 5) is 13.2. The van der Waals surface area contributed by atoms with Crippen LogP contribution in [0.25, 0.3) is 0 Å². The molecule has 4 rings (SSSR count). The van der Waals surface area contributed by atoms with Crippen molar-refractivity contribution >= 4 is 18.4 Å². The molecule has 0 aromatic heterocycles. The van der Waals surface area contributed by atoms with Crippen molar-refractivity contribution in [3.8, 4) is 0 Å². The lowest BCUT2D eigenvalue weighted by Crippen LogP contribution is -2.52. The van der Waals surface area contributed by atoms with Gasteiger partial charge in [0.25, 0.3) is 0 Å². The van der Waals surface area contributed by atoms with Crippen LogP contribution in [-0.2, 0) is 15.1 Å². The number of piperidine rings is 2. The fourth-order valence-corrected chi connectivity index (χ4v) is 4.31. The molecule has 2 aromatic rings. The van der Waals surface area contributed by atoms with E-state index in [1.165, 1.54) is 6.42 Å². The summed E-state index contributed by atoms with van der Waals surface area (Å²) in [6.45, 7) is 0. The summed E-state index contributed by atoms with van der Waals surface area (Å²) in [5.41, 5.74) is -0.724. The number of carbonyl (C=O) groups is 1. The molecule has 0 spiro atoms. The van der Waals surface area contributed by atoms with E-state index in [9.17, 15) is 9.90 Å². The molecule has 2 aliphatic rings. The van der Waals surface area contributed by atoms with E-state index in [1.807, 2.05) is 36.4 Å². The number of hydrogen-bond donors (Lipinski definition) is 2. The van der Waals surface area contributed by atoms with Gasteiger partial charge in [-0.1, -0.05) is 67.1 Å². The lowest BCUT2D eigenvalue weighted by Gasteiger charge is -2.40. The molecule has 2 bridgehead atoms. The third kappa shape index (κ3) is 4.03. The van der Waals surface area contributed by atoms with E-state index < -0.39 is 11.6 Å². The minimum atomic E-state index is -1.79. The summed E-state index contributed by atoms with van der Waals surface area (Å²) in [6, 6.07) is 19.0. The van der Waals surface area contributed by atoms with E-state index in [0.29, 0.717) is 23.2 Å². The van der Waals surface area contributed by atoms with Crippen molar-refractivity contribution in [3.05, 3.63) is 71.8 Å². The van der Waals surface area contributed by atoms with Gasteiger partial charge >= 0.3 is 5.97 Å². The van der Waals surface area contributed by atoms with Gasteiger partial charge in [-0.15, -0.1) is 12.4 Å². The second-order valence-corrected chi connectivity index (χ2v) is 7.43. The first-order valence-corrected chi connectivity index (χ1v) is 9.47. The minimum absolute atomic E-state index is 0. The van der Waals surface area contributed by atoms with E-state index >= 15 is 0 Å². The lowest BCUT2D eigenvalue weighted by molar-refractivity contribution is -0.170. The van der Waals surface area contributed by atoms with Crippen LogP contribution in [0.3, 0.4) is 0 Å². The molecule has 0 amide bonds. The van der Waals surface area contributed by atoms with Crippen molar-refractivity contribution < 1.29 is 14.6 Å². The van der Waals surface area contributed by atoms with Gasteiger partial charge in [0.1, 0.15) is 6.10 Å². The molecule has 2 N–H and O–H groups in total. The zero-order valence-electron chi connectivity index (χ0n) is 15.2. The zero-order valence-corrected chi connectivity index (χ0v) is 16.0. The van der Waals surface area contributed by atoms with Crippen LogP contribution in [0, 0.1) is 0 Å². The van der Waals surface area contributed by atoms with Crippen LogP contribution in [-0.4, -0.2) is 29.3 Å². The van der Waals surface area contributed by atoms with Crippen LogP contribution < -0.4 is 5.32 Å². The molecule has 0 aliphatic carbocycles. The van der Waals surface area contributed by atoms with Gasteiger partial charge in [-0.25, -0.2) is 4.79 Å². The Morgan fingerprint density at radius 2 is 1.41 bits per heavy atom. The van der Waals surface area contributed by atoms with Gasteiger partial charge in [0, 0.05) is 12.1 Å². The fraction of sp³-hybridized carbons (Fsp3) is 0.409. The maximum Gasteiger partial charge on any atom is 0.347 e. The summed E-state index contributed by atoms with van der Waals surface area (Å²) in [5, 5.41) is 15.1. The second-order valence-electron chi connectivity index (χ2n) is 7.43. The van der Waals surface area contributed by atoms with Crippen molar-refractivity contribution in [2.45, 2.75) is 55.9 Å². The molecule has 2 saturated heterocycles. The predicted octanol–water partition coefficient (Wildman–Crippen LogP) is 3.56. The highest BCUT2D eigenvalue weighted by Crippen LogP contribution is 2.34. The first-order valence-electron chi connectivity index (χ1n) is 9.47. The zero-order chi connectivity index (χ0) is 18.0. The molecule has 0 radical (unpaired) electrons. The number of fused-ring (bicyclic) bond motifs is 2. The topological polar surface area (TPSA) is 58.6 Å².